The number of nitrogens with zero attached hydrogens (tertiary/aromatic N) is 1. The number of carbonyl (C=O) groups excluding carboxylic acids is 1. The van der Waals surface area contributed by atoms with Crippen LogP contribution in [-0.4, -0.2) is 10.9 Å². The van der Waals surface area contributed by atoms with Gasteiger partial charge in [0.15, 0.2) is 5.78 Å². The summed E-state index contributed by atoms with van der Waals surface area (Å²) in [5, 5.41) is 14.0. The van der Waals surface area contributed by atoms with Gasteiger partial charge in [0.2, 0.25) is 0 Å². The number of benzene rings is 8. The highest BCUT2D eigenvalue weighted by Crippen LogP contribution is 2.66. The Morgan fingerprint density at radius 3 is 1.60 bits per heavy atom. The average molecular weight is 798 g/mol. The van der Waals surface area contributed by atoms with Crippen molar-refractivity contribution in [1.29, 1.82) is 0 Å². The molecule has 3 nitrogen and oxygen atoms in total. The predicted molar refractivity (Wildman–Crippen MR) is 251 cm³/mol. The van der Waals surface area contributed by atoms with Gasteiger partial charge in [-0.2, -0.15) is 0 Å². The first-order valence-electron chi connectivity index (χ1n) is 21.8. The normalized spacial score (nSPS) is 19.7. The third-order valence-corrected chi connectivity index (χ3v) is 15.2. The van der Waals surface area contributed by atoms with Crippen molar-refractivity contribution < 1.29 is 9.90 Å². The van der Waals surface area contributed by atoms with Crippen LogP contribution in [0.15, 0.2) is 187 Å². The van der Waals surface area contributed by atoms with Crippen LogP contribution < -0.4 is 4.90 Å². The highest BCUT2D eigenvalue weighted by Gasteiger charge is 2.56. The third kappa shape index (κ3) is 4.31. The van der Waals surface area contributed by atoms with Crippen molar-refractivity contribution in [3.8, 4) is 33.4 Å². The summed E-state index contributed by atoms with van der Waals surface area (Å²) in [6, 6.07) is 59.4. The van der Waals surface area contributed by atoms with Gasteiger partial charge in [-0.1, -0.05) is 161 Å². The van der Waals surface area contributed by atoms with E-state index in [-0.39, 0.29) is 16.6 Å². The molecule has 1 atom stereocenters. The molecule has 3 heteroatoms. The fraction of sp³-hybridized carbons (Fsp3) is 0.136. The quantitative estimate of drug-likeness (QED) is 0.177. The van der Waals surface area contributed by atoms with E-state index in [0.717, 1.165) is 27.8 Å². The lowest BCUT2D eigenvalue weighted by atomic mass is 9.70. The van der Waals surface area contributed by atoms with Gasteiger partial charge in [-0.3, -0.25) is 4.79 Å². The lowest BCUT2D eigenvalue weighted by Crippen LogP contribution is -2.30. The van der Waals surface area contributed by atoms with Gasteiger partial charge in [0.05, 0.1) is 11.1 Å². The molecule has 296 valence electrons. The summed E-state index contributed by atoms with van der Waals surface area (Å²) in [7, 11) is 0. The molecule has 4 aliphatic carbocycles. The summed E-state index contributed by atoms with van der Waals surface area (Å²) in [6.45, 7) is 9.38. The molecule has 0 aromatic heterocycles. The van der Waals surface area contributed by atoms with E-state index in [1.807, 2.05) is 42.5 Å². The van der Waals surface area contributed by atoms with Crippen molar-refractivity contribution in [3.63, 3.8) is 0 Å². The Morgan fingerprint density at radius 1 is 0.468 bits per heavy atom. The van der Waals surface area contributed by atoms with Crippen molar-refractivity contribution in [2.45, 2.75) is 50.0 Å². The zero-order chi connectivity index (χ0) is 41.9. The topological polar surface area (TPSA) is 40.5 Å². The van der Waals surface area contributed by atoms with Crippen molar-refractivity contribution in [2.75, 3.05) is 4.90 Å². The Labute approximate surface area is 362 Å². The maximum atomic E-state index is 14.5. The number of rotatable bonds is 2. The van der Waals surface area contributed by atoms with Crippen LogP contribution >= 0.6 is 0 Å². The van der Waals surface area contributed by atoms with Crippen LogP contribution in [0, 0.1) is 0 Å². The van der Waals surface area contributed by atoms with Gasteiger partial charge in [-0.15, -0.1) is 0 Å². The summed E-state index contributed by atoms with van der Waals surface area (Å²) in [4.78, 5) is 17.0. The van der Waals surface area contributed by atoms with Crippen molar-refractivity contribution in [3.05, 3.63) is 237 Å². The van der Waals surface area contributed by atoms with E-state index in [1.165, 1.54) is 72.3 Å². The number of anilines is 2. The van der Waals surface area contributed by atoms with E-state index in [0.29, 0.717) is 16.7 Å². The number of aliphatic hydroxyl groups excluding tert-OH is 1. The minimum Gasteiger partial charge on any atom is -0.383 e. The van der Waals surface area contributed by atoms with E-state index >= 15 is 0 Å². The largest absolute Gasteiger partial charge is 0.383 e. The Hall–Kier alpha value is -7.07. The van der Waals surface area contributed by atoms with Crippen LogP contribution in [0.3, 0.4) is 0 Å². The predicted octanol–water partition coefficient (Wildman–Crippen LogP) is 13.7. The Morgan fingerprint density at radius 2 is 0.968 bits per heavy atom. The molecule has 13 rings (SSSR count). The van der Waals surface area contributed by atoms with Gasteiger partial charge in [-0.25, -0.2) is 0 Å². The van der Waals surface area contributed by atoms with Gasteiger partial charge >= 0.3 is 0 Å². The molecule has 8 aromatic carbocycles. The van der Waals surface area contributed by atoms with E-state index < -0.39 is 11.5 Å². The molecule has 1 heterocycles. The molecule has 1 aliphatic heterocycles. The maximum Gasteiger partial charge on any atom is 0.192 e. The molecule has 0 saturated carbocycles. The number of ketones is 1. The first-order valence-corrected chi connectivity index (χ1v) is 21.8. The number of hydrogen-bond acceptors (Lipinski definition) is 3. The number of carbonyl (C=O) groups is 1. The second-order valence-corrected chi connectivity index (χ2v) is 18.9. The minimum absolute atomic E-state index is 0.132. The third-order valence-electron chi connectivity index (χ3n) is 15.2. The highest BCUT2D eigenvalue weighted by atomic mass is 16.3. The summed E-state index contributed by atoms with van der Waals surface area (Å²) in [5.41, 5.74) is 20.1. The van der Waals surface area contributed by atoms with Crippen molar-refractivity contribution in [2.24, 2.45) is 0 Å². The van der Waals surface area contributed by atoms with Crippen LogP contribution in [0.1, 0.15) is 88.7 Å². The molecular weight excluding hydrogens is 755 g/mol. The molecule has 0 saturated heterocycles. The van der Waals surface area contributed by atoms with Gasteiger partial charge in [0.1, 0.15) is 6.10 Å². The van der Waals surface area contributed by atoms with Crippen LogP contribution in [0.25, 0.3) is 44.2 Å². The van der Waals surface area contributed by atoms with Gasteiger partial charge in [0, 0.05) is 33.4 Å². The lowest BCUT2D eigenvalue weighted by Gasteiger charge is -2.33. The van der Waals surface area contributed by atoms with Crippen LogP contribution in [0.5, 0.6) is 0 Å². The standard InChI is InChI=1S/C59H43NO2/c1-57(2)46-21-11-7-17-37(46)41-26-25-36(31-50(41)57)60-53-33-51-43(40-20-8-12-22-47(40)58(51,3)4)32-52(53)59(48-23-13-9-18-38(48)39-19-10-14-24-49(39)59)54(60)28-27-42-55(61)44-29-34-15-5-6-16-35(34)30-45(44)56(42)62/h5-33,55,61H,1-4H3/b42-27+,54-28+. The molecule has 1 spiro atoms. The second-order valence-electron chi connectivity index (χ2n) is 18.9. The van der Waals surface area contributed by atoms with E-state index in [1.54, 1.807) is 0 Å². The second kappa shape index (κ2) is 12.1. The summed E-state index contributed by atoms with van der Waals surface area (Å²) >= 11 is 0. The SMILES string of the molecule is CC1(C)c2ccccc2-c2ccc(N3/C(=C/C=C4/C(=O)c5cc6ccccc6cc5C4O)C4(c5ccccc5-c5ccccc54)c4cc5c(cc43)C(C)(C)c3ccccc3-5)cc21. The molecule has 0 fully saturated rings. The number of hydrogen-bond donors (Lipinski definition) is 1. The number of aliphatic hydroxyl groups is 1. The van der Waals surface area contributed by atoms with Crippen LogP contribution in [0.2, 0.25) is 0 Å². The Bertz CT molecular complexity index is 3370. The Balaban J connectivity index is 1.13. The summed E-state index contributed by atoms with van der Waals surface area (Å²) in [5.74, 6) is -0.132. The molecule has 0 amide bonds. The minimum atomic E-state index is -1.05. The van der Waals surface area contributed by atoms with Crippen molar-refractivity contribution >= 4 is 27.9 Å². The summed E-state index contributed by atoms with van der Waals surface area (Å²) < 4.78 is 0. The monoisotopic (exact) mass is 797 g/mol. The van der Waals surface area contributed by atoms with E-state index in [2.05, 4.69) is 166 Å². The maximum absolute atomic E-state index is 14.5. The molecule has 8 aromatic rings. The van der Waals surface area contributed by atoms with Crippen molar-refractivity contribution in [1.82, 2.24) is 0 Å². The average Bonchev–Trinajstić information content (AvgIpc) is 3.98. The number of allylic oxidation sites excluding steroid dienone is 3. The Kier molecular flexibility index (Phi) is 6.94. The van der Waals surface area contributed by atoms with E-state index in [4.69, 9.17) is 0 Å². The summed E-state index contributed by atoms with van der Waals surface area (Å²) in [6.07, 6.45) is 3.05. The van der Waals surface area contributed by atoms with E-state index in [9.17, 15) is 9.90 Å². The fourth-order valence-corrected chi connectivity index (χ4v) is 12.2. The smallest absolute Gasteiger partial charge is 0.192 e. The van der Waals surface area contributed by atoms with Gasteiger partial charge in [-0.05, 0) is 131 Å². The zero-order valence-corrected chi connectivity index (χ0v) is 35.1. The van der Waals surface area contributed by atoms with Crippen LogP contribution in [-0.2, 0) is 16.2 Å². The molecule has 0 radical (unpaired) electrons. The molecule has 1 N–H and O–H groups in total. The number of Topliss-reactive ketones (excluding diaryl/α,β-unsaturated/α-hetero) is 1. The first-order chi connectivity index (χ1) is 30.1. The zero-order valence-electron chi connectivity index (χ0n) is 35.1. The lowest BCUT2D eigenvalue weighted by molar-refractivity contribution is 0.101. The molecule has 5 aliphatic rings. The van der Waals surface area contributed by atoms with Crippen LogP contribution in [0.4, 0.5) is 11.4 Å². The van der Waals surface area contributed by atoms with Gasteiger partial charge in [0.25, 0.3) is 0 Å². The molecule has 1 unspecified atom stereocenters. The first kappa shape index (κ1) is 35.7. The highest BCUT2D eigenvalue weighted by molar-refractivity contribution is 6.16. The van der Waals surface area contributed by atoms with Gasteiger partial charge < -0.3 is 10.0 Å². The molecular formula is C59H43NO2. The fourth-order valence-electron chi connectivity index (χ4n) is 12.2. The molecule has 62 heavy (non-hydrogen) atoms. The molecule has 0 bridgehead atoms. The number of fused-ring (bicyclic) bond motifs is 15.